The van der Waals surface area contributed by atoms with E-state index in [0.717, 1.165) is 12.0 Å². The van der Waals surface area contributed by atoms with Crippen LogP contribution in [0.4, 0.5) is 0 Å². The Labute approximate surface area is 129 Å². The van der Waals surface area contributed by atoms with Crippen LogP contribution in [0.3, 0.4) is 0 Å². The third-order valence-electron chi connectivity index (χ3n) is 2.96. The summed E-state index contributed by atoms with van der Waals surface area (Å²) in [5, 5.41) is 7.75. The Bertz CT molecular complexity index is 612. The van der Waals surface area contributed by atoms with Crippen LogP contribution in [0.15, 0.2) is 29.2 Å². The molecule has 1 amide bonds. The fourth-order valence-corrected chi connectivity index (χ4v) is 2.54. The normalized spacial score (nSPS) is 12.7. The first-order valence-corrected chi connectivity index (χ1v) is 8.40. The summed E-state index contributed by atoms with van der Waals surface area (Å²) in [6.07, 6.45) is 1.41. The quantitative estimate of drug-likeness (QED) is 0.635. The van der Waals surface area contributed by atoms with Crippen molar-refractivity contribution in [2.75, 3.05) is 0 Å². The number of hydrogen-bond acceptors (Lipinski definition) is 4. The van der Waals surface area contributed by atoms with Crippen LogP contribution >= 0.6 is 12.2 Å². The highest BCUT2D eigenvalue weighted by molar-refractivity contribution is 7.89. The number of carbonyl (C=O) groups excluding carboxylic acids is 1. The summed E-state index contributed by atoms with van der Waals surface area (Å²) in [5.41, 5.74) is 6.31. The predicted octanol–water partition coefficient (Wildman–Crippen LogP) is 0.653. The number of amides is 1. The van der Waals surface area contributed by atoms with E-state index in [0.29, 0.717) is 6.42 Å². The van der Waals surface area contributed by atoms with Crippen molar-refractivity contribution in [3.8, 4) is 0 Å². The molecule has 0 saturated heterocycles. The van der Waals surface area contributed by atoms with E-state index >= 15 is 0 Å². The van der Waals surface area contributed by atoms with Crippen LogP contribution in [0.2, 0.25) is 0 Å². The second-order valence-electron chi connectivity index (χ2n) is 4.65. The average molecular weight is 329 g/mol. The van der Waals surface area contributed by atoms with E-state index < -0.39 is 15.9 Å². The molecule has 6 nitrogen and oxygen atoms in total. The van der Waals surface area contributed by atoms with E-state index in [9.17, 15) is 13.2 Å². The molecule has 1 aromatic carbocycles. The Morgan fingerprint density at radius 1 is 1.33 bits per heavy atom. The first kappa shape index (κ1) is 17.5. The molecule has 21 heavy (non-hydrogen) atoms. The number of nitrogens with one attached hydrogen (secondary N) is 1. The number of rotatable bonds is 7. The van der Waals surface area contributed by atoms with E-state index in [1.165, 1.54) is 12.1 Å². The van der Waals surface area contributed by atoms with Gasteiger partial charge in [-0.15, -0.1) is 0 Å². The molecule has 0 spiro atoms. The van der Waals surface area contributed by atoms with Crippen LogP contribution in [-0.2, 0) is 21.4 Å². The predicted molar refractivity (Wildman–Crippen MR) is 84.8 cm³/mol. The molecule has 1 atom stereocenters. The van der Waals surface area contributed by atoms with Crippen LogP contribution < -0.4 is 16.2 Å². The van der Waals surface area contributed by atoms with Gasteiger partial charge >= 0.3 is 0 Å². The molecule has 0 aromatic heterocycles. The number of benzene rings is 1. The van der Waals surface area contributed by atoms with Crippen LogP contribution in [0.25, 0.3) is 0 Å². The maximum Gasteiger partial charge on any atom is 0.238 e. The maximum absolute atomic E-state index is 12.0. The Morgan fingerprint density at radius 3 is 2.33 bits per heavy atom. The summed E-state index contributed by atoms with van der Waals surface area (Å²) in [4.78, 5) is 12.2. The minimum atomic E-state index is -3.70. The third-order valence-corrected chi connectivity index (χ3v) is 4.17. The molecule has 0 aliphatic carbocycles. The highest BCUT2D eigenvalue weighted by Crippen LogP contribution is 2.10. The molecule has 116 valence electrons. The van der Waals surface area contributed by atoms with Gasteiger partial charge in [-0.1, -0.05) is 37.7 Å². The van der Waals surface area contributed by atoms with Crippen molar-refractivity contribution in [2.24, 2.45) is 16.8 Å². The summed E-state index contributed by atoms with van der Waals surface area (Å²) in [7, 11) is -3.70. The van der Waals surface area contributed by atoms with Crippen LogP contribution in [0.1, 0.15) is 25.3 Å². The molecule has 8 heteroatoms. The van der Waals surface area contributed by atoms with Gasteiger partial charge in [0.2, 0.25) is 15.9 Å². The highest BCUT2D eigenvalue weighted by Gasteiger charge is 2.19. The zero-order valence-electron chi connectivity index (χ0n) is 11.7. The van der Waals surface area contributed by atoms with Crippen LogP contribution in [0.5, 0.6) is 0 Å². The lowest BCUT2D eigenvalue weighted by molar-refractivity contribution is -0.123. The Kier molecular flexibility index (Phi) is 6.25. The Hall–Kier alpha value is -1.51. The molecule has 0 bridgehead atoms. The molecule has 1 aromatic rings. The van der Waals surface area contributed by atoms with Gasteiger partial charge in [0.1, 0.15) is 0 Å². The lowest BCUT2D eigenvalue weighted by Crippen LogP contribution is -2.37. The van der Waals surface area contributed by atoms with Crippen molar-refractivity contribution < 1.29 is 13.2 Å². The van der Waals surface area contributed by atoms with Gasteiger partial charge in [-0.05, 0) is 24.1 Å². The highest BCUT2D eigenvalue weighted by atomic mass is 32.2. The van der Waals surface area contributed by atoms with Gasteiger partial charge in [0.25, 0.3) is 0 Å². The van der Waals surface area contributed by atoms with Crippen molar-refractivity contribution in [1.29, 1.82) is 0 Å². The maximum atomic E-state index is 12.0. The van der Waals surface area contributed by atoms with Gasteiger partial charge in [0.15, 0.2) is 0 Å². The largest absolute Gasteiger partial charge is 0.393 e. The van der Waals surface area contributed by atoms with E-state index in [-0.39, 0.29) is 22.3 Å². The monoisotopic (exact) mass is 329 g/mol. The van der Waals surface area contributed by atoms with Gasteiger partial charge in [-0.3, -0.25) is 4.79 Å². The molecule has 0 saturated carbocycles. The lowest BCUT2D eigenvalue weighted by Gasteiger charge is -2.14. The second-order valence-corrected chi connectivity index (χ2v) is 6.68. The zero-order valence-corrected chi connectivity index (χ0v) is 13.3. The minimum absolute atomic E-state index is 0.0320. The number of nitrogens with two attached hydrogens (primary N) is 2. The molecule has 0 fully saturated rings. The summed E-state index contributed by atoms with van der Waals surface area (Å²) >= 11 is 4.88. The van der Waals surface area contributed by atoms with Gasteiger partial charge in [0, 0.05) is 6.54 Å². The SMILES string of the molecule is CCCC(C(=O)NCc1ccc(S(N)(=O)=O)cc1)C(N)=S. The van der Waals surface area contributed by atoms with Gasteiger partial charge in [-0.25, -0.2) is 13.6 Å². The summed E-state index contributed by atoms with van der Waals surface area (Å²) in [6, 6.07) is 5.98. The van der Waals surface area contributed by atoms with Crippen molar-refractivity contribution in [3.63, 3.8) is 0 Å². The summed E-state index contributed by atoms with van der Waals surface area (Å²) < 4.78 is 22.3. The van der Waals surface area contributed by atoms with Crippen LogP contribution in [-0.4, -0.2) is 19.3 Å². The third kappa shape index (κ3) is 5.41. The topological polar surface area (TPSA) is 115 Å². The van der Waals surface area contributed by atoms with E-state index in [4.69, 9.17) is 23.1 Å². The van der Waals surface area contributed by atoms with Gasteiger partial charge in [-0.2, -0.15) is 0 Å². The van der Waals surface area contributed by atoms with E-state index in [1.807, 2.05) is 6.92 Å². The first-order chi connectivity index (χ1) is 9.75. The van der Waals surface area contributed by atoms with Gasteiger partial charge in [0.05, 0.1) is 15.8 Å². The molecule has 1 unspecified atom stereocenters. The number of sulfonamides is 1. The van der Waals surface area contributed by atoms with Crippen molar-refractivity contribution in [3.05, 3.63) is 29.8 Å². The minimum Gasteiger partial charge on any atom is -0.393 e. The first-order valence-electron chi connectivity index (χ1n) is 6.44. The number of primary sulfonamides is 1. The zero-order chi connectivity index (χ0) is 16.0. The standard InChI is InChI=1S/C13H19N3O3S2/c1-2-3-11(12(14)20)13(17)16-8-9-4-6-10(7-5-9)21(15,18)19/h4-7,11H,2-3,8H2,1H3,(H2,14,20)(H,16,17)(H2,15,18,19). The fourth-order valence-electron chi connectivity index (χ4n) is 1.80. The molecule has 0 heterocycles. The molecule has 0 aliphatic rings. The van der Waals surface area contributed by atoms with Crippen molar-refractivity contribution in [2.45, 2.75) is 31.2 Å². The lowest BCUT2D eigenvalue weighted by atomic mass is 10.0. The van der Waals surface area contributed by atoms with E-state index in [2.05, 4.69) is 5.32 Å². The summed E-state index contributed by atoms with van der Waals surface area (Å²) in [6.45, 7) is 2.22. The molecule has 1 rings (SSSR count). The molecule has 0 radical (unpaired) electrons. The van der Waals surface area contributed by atoms with Crippen molar-refractivity contribution >= 4 is 33.1 Å². The Morgan fingerprint density at radius 2 is 1.90 bits per heavy atom. The number of carbonyl (C=O) groups is 1. The average Bonchev–Trinajstić information content (AvgIpc) is 2.41. The molecule has 0 aliphatic heterocycles. The fraction of sp³-hybridized carbons (Fsp3) is 0.385. The molecular weight excluding hydrogens is 310 g/mol. The Balaban J connectivity index is 2.66. The number of hydrogen-bond donors (Lipinski definition) is 3. The number of thiocarbonyl (C=S) groups is 1. The molecule has 5 N–H and O–H groups in total. The van der Waals surface area contributed by atoms with Crippen molar-refractivity contribution in [1.82, 2.24) is 5.32 Å². The van der Waals surface area contributed by atoms with Gasteiger partial charge < -0.3 is 11.1 Å². The molecular formula is C13H19N3O3S2. The second kappa shape index (κ2) is 7.48. The summed E-state index contributed by atoms with van der Waals surface area (Å²) in [5.74, 6) is -0.700. The van der Waals surface area contributed by atoms with E-state index in [1.54, 1.807) is 12.1 Å². The van der Waals surface area contributed by atoms with Crippen LogP contribution in [0, 0.1) is 5.92 Å². The smallest absolute Gasteiger partial charge is 0.238 e.